The molecule has 0 saturated carbocycles. The van der Waals surface area contributed by atoms with E-state index >= 15 is 4.39 Å². The molecule has 0 aliphatic carbocycles. The van der Waals surface area contributed by atoms with Crippen LogP contribution in [0.15, 0.2) is 60.7 Å². The van der Waals surface area contributed by atoms with Crippen molar-refractivity contribution in [1.29, 1.82) is 0 Å². The molecule has 0 aromatic heterocycles. The standard InChI is InChI=1S/C17H17FO2Se/c1-2-20-16(19)17(18,13-14-9-5-3-6-10-14)21-15-11-7-4-8-12-15/h3-12H,2,13H2,1H3. The van der Waals surface area contributed by atoms with Gasteiger partial charge in [0.25, 0.3) is 0 Å². The summed E-state index contributed by atoms with van der Waals surface area (Å²) in [4.78, 5) is 12.1. The molecule has 2 rings (SSSR count). The van der Waals surface area contributed by atoms with Crippen molar-refractivity contribution < 1.29 is 13.9 Å². The van der Waals surface area contributed by atoms with Crippen molar-refractivity contribution in [2.24, 2.45) is 0 Å². The molecular formula is C17H17FO2Se. The quantitative estimate of drug-likeness (QED) is 0.591. The topological polar surface area (TPSA) is 26.3 Å². The monoisotopic (exact) mass is 352 g/mol. The van der Waals surface area contributed by atoms with E-state index < -0.39 is 25.5 Å². The first-order valence-corrected chi connectivity index (χ1v) is 8.49. The van der Waals surface area contributed by atoms with Gasteiger partial charge in [-0.15, -0.1) is 0 Å². The Morgan fingerprint density at radius 1 is 1.10 bits per heavy atom. The van der Waals surface area contributed by atoms with E-state index in [0.29, 0.717) is 0 Å². The van der Waals surface area contributed by atoms with Crippen LogP contribution in [0.4, 0.5) is 4.39 Å². The number of hydrogen-bond acceptors (Lipinski definition) is 2. The van der Waals surface area contributed by atoms with Crippen LogP contribution >= 0.6 is 0 Å². The molecule has 0 heterocycles. The fraction of sp³-hybridized carbons (Fsp3) is 0.235. The number of carbonyl (C=O) groups is 1. The summed E-state index contributed by atoms with van der Waals surface area (Å²) < 4.78 is 19.1. The number of hydrogen-bond donors (Lipinski definition) is 0. The van der Waals surface area contributed by atoms with Gasteiger partial charge in [0, 0.05) is 0 Å². The van der Waals surface area contributed by atoms with Gasteiger partial charge in [-0.1, -0.05) is 0 Å². The number of esters is 1. The molecule has 2 nitrogen and oxygen atoms in total. The van der Waals surface area contributed by atoms with Crippen molar-refractivity contribution in [2.75, 3.05) is 6.61 Å². The zero-order valence-corrected chi connectivity index (χ0v) is 13.5. The Kier molecular flexibility index (Phi) is 5.54. The Labute approximate surface area is 130 Å². The van der Waals surface area contributed by atoms with Crippen molar-refractivity contribution in [1.82, 2.24) is 0 Å². The Balaban J connectivity index is 2.23. The second-order valence-electron chi connectivity index (χ2n) is 4.53. The molecule has 2 aromatic rings. The molecule has 0 saturated heterocycles. The molecule has 1 unspecified atom stereocenters. The first kappa shape index (κ1) is 15.7. The average molecular weight is 351 g/mol. The van der Waals surface area contributed by atoms with E-state index in [9.17, 15) is 4.79 Å². The number of carbonyl (C=O) groups excluding carboxylic acids is 1. The van der Waals surface area contributed by atoms with Crippen LogP contribution in [0.2, 0.25) is 0 Å². The zero-order chi connectivity index (χ0) is 15.1. The van der Waals surface area contributed by atoms with Crippen LogP contribution in [0.25, 0.3) is 0 Å². The van der Waals surface area contributed by atoms with Crippen LogP contribution in [0.1, 0.15) is 12.5 Å². The first-order valence-electron chi connectivity index (χ1n) is 6.78. The van der Waals surface area contributed by atoms with Crippen LogP contribution in [0, 0.1) is 0 Å². The summed E-state index contributed by atoms with van der Waals surface area (Å²) >= 11 is -0.643. The average Bonchev–Trinajstić information content (AvgIpc) is 2.49. The zero-order valence-electron chi connectivity index (χ0n) is 11.8. The molecule has 21 heavy (non-hydrogen) atoms. The number of alkyl halides is 1. The van der Waals surface area contributed by atoms with Gasteiger partial charge in [0.05, 0.1) is 0 Å². The van der Waals surface area contributed by atoms with Crippen LogP contribution in [-0.2, 0) is 16.0 Å². The summed E-state index contributed by atoms with van der Waals surface area (Å²) in [6, 6.07) is 18.5. The SMILES string of the molecule is CCOC(=O)C(F)(Cc1ccccc1)[Se]c1ccccc1. The summed E-state index contributed by atoms with van der Waals surface area (Å²) in [7, 11) is 0. The van der Waals surface area contributed by atoms with Gasteiger partial charge in [-0.05, 0) is 0 Å². The maximum absolute atomic E-state index is 15.3. The van der Waals surface area contributed by atoms with Crippen molar-refractivity contribution in [2.45, 2.75) is 17.9 Å². The van der Waals surface area contributed by atoms with Crippen molar-refractivity contribution in [3.63, 3.8) is 0 Å². The number of rotatable bonds is 6. The minimum atomic E-state index is -1.98. The third kappa shape index (κ3) is 4.42. The molecule has 4 heteroatoms. The third-order valence-corrected chi connectivity index (χ3v) is 5.27. The molecule has 110 valence electrons. The normalized spacial score (nSPS) is 13.4. The molecule has 0 amide bonds. The maximum atomic E-state index is 15.3. The van der Waals surface area contributed by atoms with Crippen LogP contribution in [-0.4, -0.2) is 32.1 Å². The molecular weight excluding hydrogens is 334 g/mol. The Morgan fingerprint density at radius 3 is 2.24 bits per heavy atom. The summed E-state index contributed by atoms with van der Waals surface area (Å²) in [5.41, 5.74) is 0.797. The van der Waals surface area contributed by atoms with Crippen LogP contribution in [0.5, 0.6) is 0 Å². The van der Waals surface area contributed by atoms with Gasteiger partial charge in [-0.3, -0.25) is 0 Å². The van der Waals surface area contributed by atoms with Gasteiger partial charge in [0.15, 0.2) is 0 Å². The fourth-order valence-corrected chi connectivity index (χ4v) is 4.12. The summed E-state index contributed by atoms with van der Waals surface area (Å²) in [6.07, 6.45) is 0.0432. The van der Waals surface area contributed by atoms with E-state index in [-0.39, 0.29) is 13.0 Å². The van der Waals surface area contributed by atoms with E-state index in [2.05, 4.69) is 0 Å². The molecule has 0 bridgehead atoms. The summed E-state index contributed by atoms with van der Waals surface area (Å²) in [5.74, 6) is -0.766. The van der Waals surface area contributed by atoms with E-state index in [1.165, 1.54) is 0 Å². The molecule has 0 aliphatic rings. The second-order valence-corrected chi connectivity index (χ2v) is 7.30. The molecule has 0 aliphatic heterocycles. The van der Waals surface area contributed by atoms with Gasteiger partial charge in [0.1, 0.15) is 0 Å². The van der Waals surface area contributed by atoms with Gasteiger partial charge in [0.2, 0.25) is 0 Å². The Bertz CT molecular complexity index is 530. The number of ether oxygens (including phenoxy) is 1. The predicted octanol–water partition coefficient (Wildman–Crippen LogP) is 2.49. The molecule has 0 N–H and O–H groups in total. The predicted molar refractivity (Wildman–Crippen MR) is 82.4 cm³/mol. The van der Waals surface area contributed by atoms with Gasteiger partial charge >= 0.3 is 130 Å². The minimum absolute atomic E-state index is 0.0432. The molecule has 0 radical (unpaired) electrons. The van der Waals surface area contributed by atoms with Crippen LogP contribution in [0.3, 0.4) is 0 Å². The van der Waals surface area contributed by atoms with E-state index in [0.717, 1.165) is 10.0 Å². The first-order chi connectivity index (χ1) is 10.1. The second kappa shape index (κ2) is 7.39. The fourth-order valence-electron chi connectivity index (χ4n) is 1.92. The Morgan fingerprint density at radius 2 is 1.67 bits per heavy atom. The molecule has 0 fully saturated rings. The molecule has 2 aromatic carbocycles. The van der Waals surface area contributed by atoms with Gasteiger partial charge in [-0.25, -0.2) is 0 Å². The molecule has 1 atom stereocenters. The van der Waals surface area contributed by atoms with E-state index in [4.69, 9.17) is 4.74 Å². The van der Waals surface area contributed by atoms with Crippen molar-refractivity contribution >= 4 is 25.4 Å². The van der Waals surface area contributed by atoms with E-state index in [1.807, 2.05) is 60.7 Å². The third-order valence-electron chi connectivity index (χ3n) is 2.88. The van der Waals surface area contributed by atoms with Crippen LogP contribution < -0.4 is 4.46 Å². The number of halogens is 1. The van der Waals surface area contributed by atoms with Crippen molar-refractivity contribution in [3.05, 3.63) is 66.2 Å². The van der Waals surface area contributed by atoms with Gasteiger partial charge in [-0.2, -0.15) is 0 Å². The summed E-state index contributed by atoms with van der Waals surface area (Å²) in [5, 5.41) is 0. The number of benzene rings is 2. The van der Waals surface area contributed by atoms with Gasteiger partial charge < -0.3 is 0 Å². The molecule has 0 spiro atoms. The Hall–Kier alpha value is -1.64. The summed E-state index contributed by atoms with van der Waals surface area (Å²) in [6.45, 7) is 1.88. The van der Waals surface area contributed by atoms with Crippen molar-refractivity contribution in [3.8, 4) is 0 Å². The van der Waals surface area contributed by atoms with E-state index in [1.54, 1.807) is 6.92 Å².